The molecule has 1 heterocycles. The summed E-state index contributed by atoms with van der Waals surface area (Å²) in [5.74, 6) is 1.76. The predicted octanol–water partition coefficient (Wildman–Crippen LogP) is 2.14. The third-order valence-corrected chi connectivity index (χ3v) is 3.68. The van der Waals surface area contributed by atoms with Gasteiger partial charge in [0.1, 0.15) is 0 Å². The molecule has 0 spiro atoms. The Morgan fingerprint density at radius 3 is 3.00 bits per heavy atom. The van der Waals surface area contributed by atoms with Gasteiger partial charge in [-0.1, -0.05) is 12.2 Å². The van der Waals surface area contributed by atoms with Crippen LogP contribution in [0.4, 0.5) is 0 Å². The Balaban J connectivity index is 1.53. The van der Waals surface area contributed by atoms with Crippen LogP contribution in [-0.4, -0.2) is 11.0 Å². The SMILES string of the molecule is C1=CC2C(C1)CC2NCc1ccncc1. The van der Waals surface area contributed by atoms with E-state index in [1.165, 1.54) is 18.4 Å². The molecule has 2 aliphatic rings. The number of nitrogens with one attached hydrogen (secondary N) is 1. The molecule has 2 aliphatic carbocycles. The summed E-state index contributed by atoms with van der Waals surface area (Å²) in [6.07, 6.45) is 11.1. The second-order valence-corrected chi connectivity index (χ2v) is 4.58. The Morgan fingerprint density at radius 1 is 1.33 bits per heavy atom. The number of rotatable bonds is 3. The third kappa shape index (κ3) is 1.70. The van der Waals surface area contributed by atoms with Gasteiger partial charge >= 0.3 is 0 Å². The topological polar surface area (TPSA) is 24.9 Å². The van der Waals surface area contributed by atoms with Crippen molar-refractivity contribution in [3.63, 3.8) is 0 Å². The summed E-state index contributed by atoms with van der Waals surface area (Å²) in [4.78, 5) is 4.02. The summed E-state index contributed by atoms with van der Waals surface area (Å²) in [7, 11) is 0. The maximum atomic E-state index is 4.02. The van der Waals surface area contributed by atoms with Crippen LogP contribution in [0.3, 0.4) is 0 Å². The van der Waals surface area contributed by atoms with Gasteiger partial charge in [0.2, 0.25) is 0 Å². The zero-order valence-corrected chi connectivity index (χ0v) is 8.76. The van der Waals surface area contributed by atoms with Crippen LogP contribution in [0.25, 0.3) is 0 Å². The van der Waals surface area contributed by atoms with Gasteiger partial charge < -0.3 is 5.32 Å². The minimum absolute atomic E-state index is 0.710. The van der Waals surface area contributed by atoms with Gasteiger partial charge in [0, 0.05) is 25.0 Å². The fourth-order valence-corrected chi connectivity index (χ4v) is 2.70. The van der Waals surface area contributed by atoms with E-state index in [-0.39, 0.29) is 0 Å². The highest BCUT2D eigenvalue weighted by molar-refractivity contribution is 5.14. The molecular weight excluding hydrogens is 184 g/mol. The lowest BCUT2D eigenvalue weighted by atomic mass is 9.71. The zero-order valence-electron chi connectivity index (χ0n) is 8.76. The Kier molecular flexibility index (Phi) is 2.29. The molecule has 78 valence electrons. The lowest BCUT2D eigenvalue weighted by molar-refractivity contribution is 0.162. The van der Waals surface area contributed by atoms with E-state index in [4.69, 9.17) is 0 Å². The van der Waals surface area contributed by atoms with Crippen LogP contribution in [-0.2, 0) is 6.54 Å². The van der Waals surface area contributed by atoms with E-state index < -0.39 is 0 Å². The molecule has 3 atom stereocenters. The summed E-state index contributed by atoms with van der Waals surface area (Å²) < 4.78 is 0. The average Bonchev–Trinajstić information content (AvgIpc) is 2.62. The Hall–Kier alpha value is -1.15. The number of fused-ring (bicyclic) bond motifs is 1. The van der Waals surface area contributed by atoms with Crippen molar-refractivity contribution in [2.75, 3.05) is 0 Å². The summed E-state index contributed by atoms with van der Waals surface area (Å²) in [6, 6.07) is 4.86. The van der Waals surface area contributed by atoms with Gasteiger partial charge in [-0.15, -0.1) is 0 Å². The van der Waals surface area contributed by atoms with Crippen LogP contribution in [0.5, 0.6) is 0 Å². The van der Waals surface area contributed by atoms with E-state index in [2.05, 4.69) is 34.6 Å². The number of aromatic nitrogens is 1. The Labute approximate surface area is 90.4 Å². The largest absolute Gasteiger partial charge is 0.309 e. The molecule has 3 unspecified atom stereocenters. The average molecular weight is 200 g/mol. The monoisotopic (exact) mass is 200 g/mol. The first-order valence-electron chi connectivity index (χ1n) is 5.72. The van der Waals surface area contributed by atoms with E-state index in [1.807, 2.05) is 12.4 Å². The fraction of sp³-hybridized carbons (Fsp3) is 0.462. The van der Waals surface area contributed by atoms with Gasteiger partial charge in [0.25, 0.3) is 0 Å². The molecule has 1 N–H and O–H groups in total. The summed E-state index contributed by atoms with van der Waals surface area (Å²) in [5, 5.41) is 3.63. The maximum absolute atomic E-state index is 4.02. The van der Waals surface area contributed by atoms with Crippen LogP contribution in [0.2, 0.25) is 0 Å². The predicted molar refractivity (Wildman–Crippen MR) is 60.2 cm³/mol. The van der Waals surface area contributed by atoms with Crippen LogP contribution in [0.1, 0.15) is 18.4 Å². The van der Waals surface area contributed by atoms with E-state index >= 15 is 0 Å². The fourth-order valence-electron chi connectivity index (χ4n) is 2.70. The highest BCUT2D eigenvalue weighted by Crippen LogP contribution is 2.42. The van der Waals surface area contributed by atoms with E-state index in [0.717, 1.165) is 18.4 Å². The molecular formula is C13H16N2. The van der Waals surface area contributed by atoms with Crippen LogP contribution in [0.15, 0.2) is 36.7 Å². The minimum Gasteiger partial charge on any atom is -0.309 e. The molecule has 15 heavy (non-hydrogen) atoms. The van der Waals surface area contributed by atoms with Gasteiger partial charge in [0.05, 0.1) is 0 Å². The maximum Gasteiger partial charge on any atom is 0.0271 e. The van der Waals surface area contributed by atoms with Crippen molar-refractivity contribution in [2.24, 2.45) is 11.8 Å². The molecule has 1 aromatic heterocycles. The number of hydrogen-bond donors (Lipinski definition) is 1. The van der Waals surface area contributed by atoms with Gasteiger partial charge in [-0.05, 0) is 42.4 Å². The number of nitrogens with zero attached hydrogens (tertiary/aromatic N) is 1. The quantitative estimate of drug-likeness (QED) is 0.756. The van der Waals surface area contributed by atoms with Crippen LogP contribution in [0, 0.1) is 11.8 Å². The number of allylic oxidation sites excluding steroid dienone is 1. The molecule has 2 heteroatoms. The standard InChI is InChI=1S/C13H16N2/c1-2-11-8-13(12(11)3-1)15-9-10-4-6-14-7-5-10/h1,3-7,11-13,15H,2,8-9H2. The first-order valence-corrected chi connectivity index (χ1v) is 5.72. The second-order valence-electron chi connectivity index (χ2n) is 4.58. The Bertz CT molecular complexity index is 358. The molecule has 1 saturated carbocycles. The minimum atomic E-state index is 0.710. The molecule has 1 fully saturated rings. The van der Waals surface area contributed by atoms with Crippen molar-refractivity contribution in [1.29, 1.82) is 0 Å². The van der Waals surface area contributed by atoms with E-state index in [0.29, 0.717) is 6.04 Å². The van der Waals surface area contributed by atoms with Crippen LogP contribution >= 0.6 is 0 Å². The summed E-state index contributed by atoms with van der Waals surface area (Å²) >= 11 is 0. The van der Waals surface area contributed by atoms with Crippen molar-refractivity contribution in [3.05, 3.63) is 42.2 Å². The smallest absolute Gasteiger partial charge is 0.0271 e. The molecule has 0 bridgehead atoms. The van der Waals surface area contributed by atoms with E-state index in [1.54, 1.807) is 0 Å². The highest BCUT2D eigenvalue weighted by Gasteiger charge is 2.40. The summed E-state index contributed by atoms with van der Waals surface area (Å²) in [6.45, 7) is 0.976. The first-order chi connectivity index (χ1) is 7.43. The molecule has 2 nitrogen and oxygen atoms in total. The second kappa shape index (κ2) is 3.78. The lowest BCUT2D eigenvalue weighted by Crippen LogP contribution is -2.47. The van der Waals surface area contributed by atoms with Crippen molar-refractivity contribution in [3.8, 4) is 0 Å². The zero-order chi connectivity index (χ0) is 10.1. The molecule has 0 radical (unpaired) electrons. The molecule has 0 aromatic carbocycles. The highest BCUT2D eigenvalue weighted by atomic mass is 14.9. The molecule has 1 aromatic rings. The van der Waals surface area contributed by atoms with Gasteiger partial charge in [0.15, 0.2) is 0 Å². The third-order valence-electron chi connectivity index (χ3n) is 3.68. The number of hydrogen-bond acceptors (Lipinski definition) is 2. The van der Waals surface area contributed by atoms with Gasteiger partial charge in [-0.3, -0.25) is 4.98 Å². The normalized spacial score (nSPS) is 32.4. The van der Waals surface area contributed by atoms with Crippen LogP contribution < -0.4 is 5.32 Å². The van der Waals surface area contributed by atoms with Gasteiger partial charge in [-0.25, -0.2) is 0 Å². The van der Waals surface area contributed by atoms with Gasteiger partial charge in [-0.2, -0.15) is 0 Å². The number of pyridine rings is 1. The summed E-state index contributed by atoms with van der Waals surface area (Å²) in [5.41, 5.74) is 1.33. The van der Waals surface area contributed by atoms with Crippen molar-refractivity contribution >= 4 is 0 Å². The molecule has 0 amide bonds. The molecule has 0 saturated heterocycles. The van der Waals surface area contributed by atoms with Crippen molar-refractivity contribution < 1.29 is 0 Å². The molecule has 3 rings (SSSR count). The van der Waals surface area contributed by atoms with Crippen molar-refractivity contribution in [2.45, 2.75) is 25.4 Å². The van der Waals surface area contributed by atoms with Crippen molar-refractivity contribution in [1.82, 2.24) is 10.3 Å². The first kappa shape index (κ1) is 9.10. The Morgan fingerprint density at radius 2 is 2.20 bits per heavy atom. The molecule has 0 aliphatic heterocycles. The van der Waals surface area contributed by atoms with E-state index in [9.17, 15) is 0 Å². The lowest BCUT2D eigenvalue weighted by Gasteiger charge is -2.40.